The molecule has 0 saturated heterocycles. The number of aryl methyl sites for hydroxylation is 1. The van der Waals surface area contributed by atoms with Crippen LogP contribution in [-0.2, 0) is 12.8 Å². The second-order valence-corrected chi connectivity index (χ2v) is 5.47. The van der Waals surface area contributed by atoms with Gasteiger partial charge in [0.1, 0.15) is 0 Å². The van der Waals surface area contributed by atoms with E-state index in [1.54, 1.807) is 0 Å². The van der Waals surface area contributed by atoms with Crippen LogP contribution in [0.15, 0.2) is 48.5 Å². The molecule has 2 rings (SSSR count). The van der Waals surface area contributed by atoms with Gasteiger partial charge in [-0.3, -0.25) is 0 Å². The molecule has 1 atom stereocenters. The minimum atomic E-state index is 0.354. The molecule has 0 aliphatic heterocycles. The zero-order valence-electron chi connectivity index (χ0n) is 12.2. The maximum Gasteiger partial charge on any atom is 0.0406 e. The highest BCUT2D eigenvalue weighted by molar-refractivity contribution is 6.30. The lowest BCUT2D eigenvalue weighted by Crippen LogP contribution is -2.22. The van der Waals surface area contributed by atoms with Gasteiger partial charge >= 0.3 is 0 Å². The third-order valence-corrected chi connectivity index (χ3v) is 3.85. The molecule has 0 saturated carbocycles. The summed E-state index contributed by atoms with van der Waals surface area (Å²) in [6.07, 6.45) is 2.07. The molecule has 20 heavy (non-hydrogen) atoms. The molecule has 2 heteroatoms. The van der Waals surface area contributed by atoms with Crippen LogP contribution in [0.4, 0.5) is 0 Å². The Balaban J connectivity index is 2.14. The number of benzene rings is 2. The summed E-state index contributed by atoms with van der Waals surface area (Å²) >= 11 is 5.94. The third-order valence-electron chi connectivity index (χ3n) is 3.59. The normalized spacial score (nSPS) is 12.3. The molecule has 0 amide bonds. The monoisotopic (exact) mass is 287 g/mol. The lowest BCUT2D eigenvalue weighted by Gasteiger charge is -2.19. The Labute approximate surface area is 127 Å². The van der Waals surface area contributed by atoms with E-state index in [4.69, 9.17) is 11.6 Å². The van der Waals surface area contributed by atoms with Crippen LogP contribution in [-0.4, -0.2) is 6.54 Å². The second-order valence-electron chi connectivity index (χ2n) is 5.04. The van der Waals surface area contributed by atoms with Gasteiger partial charge in [-0.15, -0.1) is 0 Å². The fourth-order valence-electron chi connectivity index (χ4n) is 2.40. The molecular formula is C18H22ClN. The van der Waals surface area contributed by atoms with Gasteiger partial charge in [-0.1, -0.05) is 61.8 Å². The van der Waals surface area contributed by atoms with Crippen LogP contribution < -0.4 is 5.32 Å². The Morgan fingerprint density at radius 1 is 0.900 bits per heavy atom. The van der Waals surface area contributed by atoms with Gasteiger partial charge in [-0.2, -0.15) is 0 Å². The molecule has 0 aliphatic carbocycles. The Morgan fingerprint density at radius 2 is 1.50 bits per heavy atom. The van der Waals surface area contributed by atoms with Crippen molar-refractivity contribution in [3.63, 3.8) is 0 Å². The molecule has 1 N–H and O–H groups in total. The van der Waals surface area contributed by atoms with E-state index in [9.17, 15) is 0 Å². The van der Waals surface area contributed by atoms with Crippen LogP contribution in [0.3, 0.4) is 0 Å². The van der Waals surface area contributed by atoms with Gasteiger partial charge in [0, 0.05) is 11.1 Å². The SMILES string of the molecule is CCNC(Cc1ccc(Cl)cc1)c1ccc(CC)cc1. The highest BCUT2D eigenvalue weighted by Gasteiger charge is 2.11. The smallest absolute Gasteiger partial charge is 0.0406 e. The predicted molar refractivity (Wildman–Crippen MR) is 87.4 cm³/mol. The number of hydrogen-bond acceptors (Lipinski definition) is 1. The van der Waals surface area contributed by atoms with Crippen molar-refractivity contribution in [2.75, 3.05) is 6.54 Å². The zero-order chi connectivity index (χ0) is 14.4. The maximum atomic E-state index is 5.94. The third kappa shape index (κ3) is 4.09. The van der Waals surface area contributed by atoms with Crippen molar-refractivity contribution in [1.82, 2.24) is 5.32 Å². The molecule has 106 valence electrons. The summed E-state index contributed by atoms with van der Waals surface area (Å²) in [5.41, 5.74) is 4.04. The summed E-state index contributed by atoms with van der Waals surface area (Å²) in [5, 5.41) is 4.36. The molecule has 0 heterocycles. The van der Waals surface area contributed by atoms with Crippen molar-refractivity contribution in [3.05, 3.63) is 70.2 Å². The van der Waals surface area contributed by atoms with Crippen molar-refractivity contribution in [1.29, 1.82) is 0 Å². The molecular weight excluding hydrogens is 266 g/mol. The highest BCUT2D eigenvalue weighted by atomic mass is 35.5. The largest absolute Gasteiger partial charge is 0.310 e. The minimum absolute atomic E-state index is 0.354. The highest BCUT2D eigenvalue weighted by Crippen LogP contribution is 2.20. The van der Waals surface area contributed by atoms with E-state index in [0.717, 1.165) is 24.4 Å². The predicted octanol–water partition coefficient (Wildman–Crippen LogP) is 4.80. The molecule has 1 nitrogen and oxygen atoms in total. The van der Waals surface area contributed by atoms with Gasteiger partial charge in [0.05, 0.1) is 0 Å². The van der Waals surface area contributed by atoms with Gasteiger partial charge in [0.15, 0.2) is 0 Å². The Morgan fingerprint density at radius 3 is 2.05 bits per heavy atom. The minimum Gasteiger partial charge on any atom is -0.310 e. The Kier molecular flexibility index (Phi) is 5.63. The summed E-state index contributed by atoms with van der Waals surface area (Å²) in [6.45, 7) is 5.30. The van der Waals surface area contributed by atoms with Crippen LogP contribution >= 0.6 is 11.6 Å². The number of halogens is 1. The van der Waals surface area contributed by atoms with E-state index in [1.165, 1.54) is 16.7 Å². The summed E-state index contributed by atoms with van der Waals surface area (Å²) in [7, 11) is 0. The van der Waals surface area contributed by atoms with Crippen LogP contribution in [0.25, 0.3) is 0 Å². The lowest BCUT2D eigenvalue weighted by atomic mass is 9.97. The van der Waals surface area contributed by atoms with Crippen molar-refractivity contribution < 1.29 is 0 Å². The van der Waals surface area contributed by atoms with Crippen molar-refractivity contribution in [2.45, 2.75) is 32.7 Å². The average Bonchev–Trinajstić information content (AvgIpc) is 2.49. The van der Waals surface area contributed by atoms with Gasteiger partial charge in [-0.25, -0.2) is 0 Å². The van der Waals surface area contributed by atoms with E-state index in [-0.39, 0.29) is 0 Å². The van der Waals surface area contributed by atoms with Crippen molar-refractivity contribution in [3.8, 4) is 0 Å². The fraction of sp³-hybridized carbons (Fsp3) is 0.333. The van der Waals surface area contributed by atoms with Crippen LogP contribution in [0.1, 0.15) is 36.6 Å². The van der Waals surface area contributed by atoms with Crippen LogP contribution in [0, 0.1) is 0 Å². The molecule has 2 aromatic carbocycles. The first-order chi connectivity index (χ1) is 9.72. The summed E-state index contributed by atoms with van der Waals surface area (Å²) < 4.78 is 0. The Bertz CT molecular complexity index is 516. The summed E-state index contributed by atoms with van der Waals surface area (Å²) in [6, 6.07) is 17.4. The summed E-state index contributed by atoms with van der Waals surface area (Å²) in [4.78, 5) is 0. The van der Waals surface area contributed by atoms with E-state index in [2.05, 4.69) is 55.6 Å². The number of hydrogen-bond donors (Lipinski definition) is 1. The topological polar surface area (TPSA) is 12.0 Å². The van der Waals surface area contributed by atoms with Crippen LogP contribution in [0.2, 0.25) is 5.02 Å². The van der Waals surface area contributed by atoms with Gasteiger partial charge in [-0.05, 0) is 48.2 Å². The molecule has 0 radical (unpaired) electrons. The maximum absolute atomic E-state index is 5.94. The second kappa shape index (κ2) is 7.47. The molecule has 0 fully saturated rings. The first-order valence-electron chi connectivity index (χ1n) is 7.29. The first-order valence-corrected chi connectivity index (χ1v) is 7.67. The fourth-order valence-corrected chi connectivity index (χ4v) is 2.52. The zero-order valence-corrected chi connectivity index (χ0v) is 13.0. The molecule has 0 spiro atoms. The molecule has 0 aromatic heterocycles. The van der Waals surface area contributed by atoms with E-state index >= 15 is 0 Å². The lowest BCUT2D eigenvalue weighted by molar-refractivity contribution is 0.549. The average molecular weight is 288 g/mol. The van der Waals surface area contributed by atoms with E-state index < -0.39 is 0 Å². The van der Waals surface area contributed by atoms with Gasteiger partial charge in [0.2, 0.25) is 0 Å². The molecule has 1 unspecified atom stereocenters. The van der Waals surface area contributed by atoms with Crippen molar-refractivity contribution >= 4 is 11.6 Å². The first kappa shape index (κ1) is 15.1. The number of likely N-dealkylation sites (N-methyl/N-ethyl adjacent to an activating group) is 1. The van der Waals surface area contributed by atoms with Gasteiger partial charge < -0.3 is 5.32 Å². The molecule has 2 aromatic rings. The van der Waals surface area contributed by atoms with Gasteiger partial charge in [0.25, 0.3) is 0 Å². The molecule has 0 aliphatic rings. The number of nitrogens with one attached hydrogen (secondary N) is 1. The quantitative estimate of drug-likeness (QED) is 0.805. The van der Waals surface area contributed by atoms with E-state index in [1.807, 2.05) is 12.1 Å². The number of rotatable bonds is 6. The van der Waals surface area contributed by atoms with Crippen molar-refractivity contribution in [2.24, 2.45) is 0 Å². The molecule has 0 bridgehead atoms. The van der Waals surface area contributed by atoms with Crippen LogP contribution in [0.5, 0.6) is 0 Å². The standard InChI is InChI=1S/C18H22ClN/c1-3-14-5-9-16(10-6-14)18(20-4-2)13-15-7-11-17(19)12-8-15/h5-12,18,20H,3-4,13H2,1-2H3. The Hall–Kier alpha value is -1.31. The van der Waals surface area contributed by atoms with E-state index in [0.29, 0.717) is 6.04 Å². The summed E-state index contributed by atoms with van der Waals surface area (Å²) in [5.74, 6) is 0.